The van der Waals surface area contributed by atoms with Gasteiger partial charge in [-0.05, 0) is 65.8 Å². The summed E-state index contributed by atoms with van der Waals surface area (Å²) >= 11 is 0. The van der Waals surface area contributed by atoms with Crippen LogP contribution >= 0.6 is 0 Å². The van der Waals surface area contributed by atoms with E-state index in [1.165, 1.54) is 4.57 Å². The van der Waals surface area contributed by atoms with Gasteiger partial charge >= 0.3 is 6.03 Å². The van der Waals surface area contributed by atoms with Gasteiger partial charge < -0.3 is 26.1 Å². The average molecular weight is 595 g/mol. The van der Waals surface area contributed by atoms with Crippen LogP contribution in [0.1, 0.15) is 82.7 Å². The van der Waals surface area contributed by atoms with Gasteiger partial charge in [-0.15, -0.1) is 0 Å². The maximum Gasteiger partial charge on any atom is 0.316 e. The van der Waals surface area contributed by atoms with Crippen molar-refractivity contribution in [2.75, 3.05) is 5.32 Å². The van der Waals surface area contributed by atoms with Crippen LogP contribution in [0, 0.1) is 38.9 Å². The summed E-state index contributed by atoms with van der Waals surface area (Å²) in [5.41, 5.74) is 3.60. The number of ether oxygens (including phenoxy) is 1. The minimum Gasteiger partial charge on any atom is -0.484 e. The lowest BCUT2D eigenvalue weighted by Crippen LogP contribution is -2.49. The molecule has 2 amide bonds. The first-order valence-corrected chi connectivity index (χ1v) is 14.9. The fourth-order valence-electron chi connectivity index (χ4n) is 5.06. The van der Waals surface area contributed by atoms with Crippen molar-refractivity contribution in [3.63, 3.8) is 0 Å². The minimum absolute atomic E-state index is 0.0364. The summed E-state index contributed by atoms with van der Waals surface area (Å²) in [4.78, 5) is 13.4. The van der Waals surface area contributed by atoms with Gasteiger partial charge in [0, 0.05) is 23.7 Å². The van der Waals surface area contributed by atoms with Crippen LogP contribution in [0.25, 0.3) is 0 Å². The van der Waals surface area contributed by atoms with E-state index < -0.39 is 6.17 Å². The number of hydrogen-bond donors (Lipinski definition) is 6. The molecule has 0 spiro atoms. The van der Waals surface area contributed by atoms with Crippen molar-refractivity contribution in [2.45, 2.75) is 72.2 Å². The summed E-state index contributed by atoms with van der Waals surface area (Å²) in [6.45, 7) is 9.76. The number of carbonyl (C=O) groups is 1. The molecule has 0 fully saturated rings. The Labute approximate surface area is 259 Å². The third-order valence-electron chi connectivity index (χ3n) is 7.72. The van der Waals surface area contributed by atoms with E-state index in [1.807, 2.05) is 58.9 Å². The number of carbonyl (C=O) groups excluding carboxylic acids is 1. The largest absolute Gasteiger partial charge is 0.484 e. The maximum atomic E-state index is 13.4. The van der Waals surface area contributed by atoms with Crippen LogP contribution in [0.4, 0.5) is 10.5 Å². The normalized spacial score (nSPS) is 16.7. The number of nitrogens with one attached hydrogen (secondary N) is 6. The van der Waals surface area contributed by atoms with Crippen LogP contribution in [0.15, 0.2) is 66.9 Å². The molecule has 1 aromatic heterocycles. The van der Waals surface area contributed by atoms with Gasteiger partial charge in [0.05, 0.1) is 23.9 Å². The second kappa shape index (κ2) is 13.6. The number of hydrogen-bond acceptors (Lipinski definition) is 7. The summed E-state index contributed by atoms with van der Waals surface area (Å²) in [7, 11) is 0. The predicted octanol–water partition coefficient (Wildman–Crippen LogP) is 6.47. The topological polar surface area (TPSA) is 163 Å². The molecular formula is C34H42N8O2. The summed E-state index contributed by atoms with van der Waals surface area (Å²) in [5, 5.41) is 43.7. The number of nitrogens with zero attached hydrogens (tertiary/aromatic N) is 2. The molecule has 10 nitrogen and oxygen atoms in total. The second-order valence-electron chi connectivity index (χ2n) is 12.5. The zero-order chi connectivity index (χ0) is 32.0. The third kappa shape index (κ3) is 7.92. The van der Waals surface area contributed by atoms with Crippen molar-refractivity contribution in [3.8, 4) is 11.8 Å². The zero-order valence-corrected chi connectivity index (χ0v) is 26.0. The van der Waals surface area contributed by atoms with Crippen LogP contribution in [-0.4, -0.2) is 28.3 Å². The predicted molar refractivity (Wildman–Crippen MR) is 172 cm³/mol. The second-order valence-corrected chi connectivity index (χ2v) is 12.5. The highest BCUT2D eigenvalue weighted by atomic mass is 16.5. The minimum atomic E-state index is -0.541. The summed E-state index contributed by atoms with van der Waals surface area (Å²) in [5.74, 6) is 0.864. The molecule has 1 heterocycles. The molecular weight excluding hydrogens is 552 g/mol. The standard InChI is InChI=1S/C34H42N8O2/c1-21(2)32(38)42-20-24(14-17-30(42)37)44-28-16-15-27(25-8-6-7-9-26(25)28)40-33(43)41-31(18-29(36)34(3,4)5)39-23-12-10-22(19-35)11-13-23/h6-14,17,20-21,27-28,31,36-39H,15-16,18H2,1-5H3,(H2,40,41,43). The van der Waals surface area contributed by atoms with Crippen molar-refractivity contribution in [2.24, 2.45) is 11.3 Å². The molecule has 2 aromatic carbocycles. The Balaban J connectivity index is 1.48. The van der Waals surface area contributed by atoms with E-state index in [9.17, 15) is 4.79 Å². The highest BCUT2D eigenvalue weighted by Crippen LogP contribution is 2.38. The molecule has 230 valence electrons. The zero-order valence-electron chi connectivity index (χ0n) is 26.0. The highest BCUT2D eigenvalue weighted by molar-refractivity contribution is 5.88. The quantitative estimate of drug-likeness (QED) is 0.0951. The number of fused-ring (bicyclic) bond motifs is 1. The van der Waals surface area contributed by atoms with Crippen molar-refractivity contribution in [1.82, 2.24) is 15.2 Å². The molecule has 10 heteroatoms. The van der Waals surface area contributed by atoms with Gasteiger partial charge in [-0.3, -0.25) is 15.4 Å². The van der Waals surface area contributed by atoms with Gasteiger partial charge in [-0.25, -0.2) is 4.79 Å². The molecule has 6 N–H and O–H groups in total. The Morgan fingerprint density at radius 2 is 1.73 bits per heavy atom. The molecule has 1 aliphatic carbocycles. The number of urea groups is 1. The van der Waals surface area contributed by atoms with Crippen LogP contribution in [0.3, 0.4) is 0 Å². The number of nitriles is 1. The van der Waals surface area contributed by atoms with Crippen LogP contribution in [0.5, 0.6) is 5.75 Å². The van der Waals surface area contributed by atoms with Crippen molar-refractivity contribution < 1.29 is 9.53 Å². The van der Waals surface area contributed by atoms with Crippen LogP contribution < -0.4 is 26.2 Å². The van der Waals surface area contributed by atoms with Crippen LogP contribution in [-0.2, 0) is 0 Å². The molecule has 0 saturated heterocycles. The van der Waals surface area contributed by atoms with E-state index in [4.69, 9.17) is 26.2 Å². The van der Waals surface area contributed by atoms with Crippen molar-refractivity contribution in [1.29, 1.82) is 21.5 Å². The third-order valence-corrected chi connectivity index (χ3v) is 7.72. The Kier molecular flexibility index (Phi) is 9.89. The first kappa shape index (κ1) is 32.0. The highest BCUT2D eigenvalue weighted by Gasteiger charge is 2.30. The number of benzene rings is 2. The van der Waals surface area contributed by atoms with Gasteiger partial charge in [0.25, 0.3) is 0 Å². The number of anilines is 1. The first-order chi connectivity index (χ1) is 20.8. The van der Waals surface area contributed by atoms with Crippen molar-refractivity contribution in [3.05, 3.63) is 89.0 Å². The summed E-state index contributed by atoms with van der Waals surface area (Å²) in [6, 6.07) is 19.8. The van der Waals surface area contributed by atoms with Crippen molar-refractivity contribution >= 4 is 23.3 Å². The fourth-order valence-corrected chi connectivity index (χ4v) is 5.06. The summed E-state index contributed by atoms with van der Waals surface area (Å²) in [6.07, 6.45) is 2.53. The maximum absolute atomic E-state index is 13.4. The molecule has 3 unspecified atom stereocenters. The molecule has 0 saturated carbocycles. The molecule has 3 aromatic rings. The van der Waals surface area contributed by atoms with E-state index in [-0.39, 0.29) is 35.0 Å². The van der Waals surface area contributed by atoms with Gasteiger partial charge in [0.15, 0.2) is 0 Å². The number of aromatic nitrogens is 1. The summed E-state index contributed by atoms with van der Waals surface area (Å²) < 4.78 is 7.93. The SMILES string of the molecule is CC(C)C(=N)n1cc(OC2CCC(NC(=O)NC(CC(=N)C(C)(C)C)Nc3ccc(C#N)cc3)c3ccccc32)ccc1=N. The molecule has 0 radical (unpaired) electrons. The molecule has 3 atom stereocenters. The van der Waals surface area contributed by atoms with E-state index in [0.29, 0.717) is 42.1 Å². The molecule has 1 aliphatic rings. The monoisotopic (exact) mass is 594 g/mol. The van der Waals surface area contributed by atoms with Gasteiger partial charge in [-0.1, -0.05) is 58.9 Å². The lowest BCUT2D eigenvalue weighted by Gasteiger charge is -2.33. The van der Waals surface area contributed by atoms with E-state index in [1.54, 1.807) is 42.6 Å². The Morgan fingerprint density at radius 3 is 2.36 bits per heavy atom. The Hall–Kier alpha value is -4.91. The number of amides is 2. The fraction of sp³-hybridized carbons (Fsp3) is 0.382. The van der Waals surface area contributed by atoms with Gasteiger partial charge in [-0.2, -0.15) is 5.26 Å². The molecule has 0 aliphatic heterocycles. The molecule has 4 rings (SSSR count). The van der Waals surface area contributed by atoms with E-state index in [0.717, 1.165) is 16.8 Å². The lowest BCUT2D eigenvalue weighted by atomic mass is 9.85. The smallest absolute Gasteiger partial charge is 0.316 e. The molecule has 44 heavy (non-hydrogen) atoms. The molecule has 0 bridgehead atoms. The number of pyridine rings is 1. The van der Waals surface area contributed by atoms with E-state index in [2.05, 4.69) is 22.0 Å². The van der Waals surface area contributed by atoms with Gasteiger partial charge in [0.2, 0.25) is 0 Å². The van der Waals surface area contributed by atoms with Gasteiger partial charge in [0.1, 0.15) is 29.3 Å². The number of rotatable bonds is 9. The Morgan fingerprint density at radius 1 is 1.05 bits per heavy atom. The average Bonchev–Trinajstić information content (AvgIpc) is 2.98. The van der Waals surface area contributed by atoms with E-state index >= 15 is 0 Å². The Bertz CT molecular complexity index is 1610. The van der Waals surface area contributed by atoms with Crippen LogP contribution in [0.2, 0.25) is 0 Å². The lowest BCUT2D eigenvalue weighted by molar-refractivity contribution is 0.170. The first-order valence-electron chi connectivity index (χ1n) is 14.9.